The zero-order valence-electron chi connectivity index (χ0n) is 35.8. The molecule has 8 aromatic carbocycles. The Morgan fingerprint density at radius 1 is 0.258 bits per heavy atom. The molecule has 2 aromatic heterocycles. The third-order valence-electron chi connectivity index (χ3n) is 12.5. The van der Waals surface area contributed by atoms with Crippen LogP contribution in [0.1, 0.15) is 0 Å². The topological polar surface area (TPSA) is 64.5 Å². The maximum absolute atomic E-state index is 4.52. The standard InChI is InChI=1S/C56H40B2N8/c1-3-19-47(20-4-1)63-51-23-7-9-25-53(51)65(49-31-27-41(28-32-49)55-59-35-13-36-60-55)57(63)45-17-11-15-43(39-45)44-16-12-18-46(40-44)58-64(48-21-5-2-6-22-48)52-24-8-10-26-54(52)66(58)50-33-29-42(30-34-50)56-61-37-14-38-62-56/h1-40H. The molecule has 310 valence electrons. The van der Waals surface area contributed by atoms with Gasteiger partial charge in [-0.25, -0.2) is 19.9 Å². The van der Waals surface area contributed by atoms with Crippen LogP contribution in [0.3, 0.4) is 0 Å². The lowest BCUT2D eigenvalue weighted by Crippen LogP contribution is -2.53. The normalized spacial score (nSPS) is 13.0. The van der Waals surface area contributed by atoms with Crippen molar-refractivity contribution >= 4 is 70.4 Å². The van der Waals surface area contributed by atoms with Crippen molar-refractivity contribution in [2.45, 2.75) is 0 Å². The monoisotopic (exact) mass is 846 g/mol. The first-order valence-electron chi connectivity index (χ1n) is 22.2. The Labute approximate surface area is 385 Å². The summed E-state index contributed by atoms with van der Waals surface area (Å²) in [6.45, 7) is -0.381. The third kappa shape index (κ3) is 6.92. The molecule has 4 heterocycles. The predicted molar refractivity (Wildman–Crippen MR) is 272 cm³/mol. The molecule has 12 rings (SSSR count). The molecule has 0 radical (unpaired) electrons. The summed E-state index contributed by atoms with van der Waals surface area (Å²) in [5.41, 5.74) is 15.5. The number of fused-ring (bicyclic) bond motifs is 2. The van der Waals surface area contributed by atoms with Crippen molar-refractivity contribution in [3.8, 4) is 33.9 Å². The number of hydrogen-bond acceptors (Lipinski definition) is 8. The van der Waals surface area contributed by atoms with Crippen molar-refractivity contribution in [2.75, 3.05) is 19.2 Å². The fourth-order valence-corrected chi connectivity index (χ4v) is 9.59. The van der Waals surface area contributed by atoms with E-state index in [1.165, 1.54) is 0 Å². The molecular weight excluding hydrogens is 806 g/mol. The van der Waals surface area contributed by atoms with E-state index in [0.717, 1.165) is 78.7 Å². The van der Waals surface area contributed by atoms with Gasteiger partial charge in [0.15, 0.2) is 11.6 Å². The van der Waals surface area contributed by atoms with E-state index in [4.69, 9.17) is 0 Å². The van der Waals surface area contributed by atoms with Crippen LogP contribution in [0.2, 0.25) is 0 Å². The van der Waals surface area contributed by atoms with Gasteiger partial charge in [0.1, 0.15) is 0 Å². The number of nitrogens with zero attached hydrogens (tertiary/aromatic N) is 8. The van der Waals surface area contributed by atoms with Gasteiger partial charge in [-0.1, -0.05) is 109 Å². The van der Waals surface area contributed by atoms with Crippen LogP contribution < -0.4 is 30.2 Å². The molecule has 0 atom stereocenters. The van der Waals surface area contributed by atoms with Gasteiger partial charge in [-0.3, -0.25) is 0 Å². The second-order valence-corrected chi connectivity index (χ2v) is 16.4. The Kier molecular flexibility index (Phi) is 9.87. The van der Waals surface area contributed by atoms with E-state index in [1.807, 2.05) is 12.1 Å². The number of anilines is 8. The molecule has 0 spiro atoms. The summed E-state index contributed by atoms with van der Waals surface area (Å²) in [7, 11) is 0. The quantitative estimate of drug-likeness (QED) is 0.133. The van der Waals surface area contributed by atoms with Gasteiger partial charge in [0.25, 0.3) is 0 Å². The highest BCUT2D eigenvalue weighted by Crippen LogP contribution is 2.48. The van der Waals surface area contributed by atoms with E-state index in [-0.39, 0.29) is 14.0 Å². The molecule has 8 nitrogen and oxygen atoms in total. The zero-order valence-corrected chi connectivity index (χ0v) is 35.8. The van der Waals surface area contributed by atoms with Crippen LogP contribution in [-0.4, -0.2) is 33.9 Å². The Morgan fingerprint density at radius 2 is 0.576 bits per heavy atom. The van der Waals surface area contributed by atoms with Crippen LogP contribution in [0, 0.1) is 0 Å². The average molecular weight is 847 g/mol. The first-order chi connectivity index (χ1) is 32.8. The van der Waals surface area contributed by atoms with Gasteiger partial charge in [-0.05, 0) is 131 Å². The average Bonchev–Trinajstić information content (AvgIpc) is 3.94. The fraction of sp³-hybridized carbons (Fsp3) is 0. The summed E-state index contributed by atoms with van der Waals surface area (Å²) >= 11 is 0. The Balaban J connectivity index is 0.968. The van der Waals surface area contributed by atoms with E-state index < -0.39 is 0 Å². The summed E-state index contributed by atoms with van der Waals surface area (Å²) < 4.78 is 0. The molecule has 0 saturated heterocycles. The largest absolute Gasteiger partial charge is 0.420 e. The van der Waals surface area contributed by atoms with E-state index in [9.17, 15) is 0 Å². The van der Waals surface area contributed by atoms with Crippen LogP contribution in [0.25, 0.3) is 33.9 Å². The highest BCUT2D eigenvalue weighted by atomic mass is 15.3. The van der Waals surface area contributed by atoms with Crippen molar-refractivity contribution in [1.29, 1.82) is 0 Å². The molecule has 0 unspecified atom stereocenters. The molecule has 0 saturated carbocycles. The van der Waals surface area contributed by atoms with Gasteiger partial charge in [0.2, 0.25) is 0 Å². The maximum atomic E-state index is 4.52. The molecule has 10 heteroatoms. The molecular formula is C56H40B2N8. The van der Waals surface area contributed by atoms with Gasteiger partial charge >= 0.3 is 14.0 Å². The zero-order chi connectivity index (χ0) is 43.8. The molecule has 0 fully saturated rings. The number of para-hydroxylation sites is 6. The van der Waals surface area contributed by atoms with E-state index >= 15 is 0 Å². The second-order valence-electron chi connectivity index (χ2n) is 16.4. The summed E-state index contributed by atoms with van der Waals surface area (Å²) in [6, 6.07) is 77.8. The summed E-state index contributed by atoms with van der Waals surface area (Å²) in [5.74, 6) is 1.41. The van der Waals surface area contributed by atoms with Gasteiger partial charge in [-0.15, -0.1) is 0 Å². The SMILES string of the molecule is c1ccc(N2B(c3cccc(-c4cccc(B5N(c6ccccc6)c6ccccc6N5c5ccc(-c6ncccn6)cc5)c4)c3)N(c3ccc(-c4ncccn4)cc3)c3ccccc32)cc1. The van der Waals surface area contributed by atoms with E-state index in [2.05, 4.69) is 245 Å². The highest BCUT2D eigenvalue weighted by molar-refractivity contribution is 6.85. The predicted octanol–water partition coefficient (Wildman–Crippen LogP) is 11.6. The van der Waals surface area contributed by atoms with E-state index in [0.29, 0.717) is 11.6 Å². The van der Waals surface area contributed by atoms with Crippen molar-refractivity contribution in [3.63, 3.8) is 0 Å². The number of aromatic nitrogens is 4. The maximum Gasteiger partial charge on any atom is 0.420 e. The van der Waals surface area contributed by atoms with Crippen LogP contribution in [0.15, 0.2) is 243 Å². The van der Waals surface area contributed by atoms with E-state index in [1.54, 1.807) is 24.8 Å². The minimum Gasteiger partial charge on any atom is -0.360 e. The number of hydrogen-bond donors (Lipinski definition) is 0. The lowest BCUT2D eigenvalue weighted by Gasteiger charge is -2.31. The number of rotatable bonds is 9. The first-order valence-corrected chi connectivity index (χ1v) is 22.2. The minimum absolute atomic E-state index is 0.190. The van der Waals surface area contributed by atoms with Crippen LogP contribution in [0.4, 0.5) is 45.5 Å². The molecule has 0 N–H and O–H groups in total. The Hall–Kier alpha value is -8.75. The molecule has 10 aromatic rings. The van der Waals surface area contributed by atoms with Crippen LogP contribution >= 0.6 is 0 Å². The van der Waals surface area contributed by atoms with Gasteiger partial charge in [0, 0.05) is 58.7 Å². The van der Waals surface area contributed by atoms with Crippen molar-refractivity contribution in [1.82, 2.24) is 19.9 Å². The summed E-state index contributed by atoms with van der Waals surface area (Å²) in [4.78, 5) is 27.9. The first kappa shape index (κ1) is 38.9. The Bertz CT molecular complexity index is 3070. The molecule has 0 aliphatic carbocycles. The minimum atomic E-state index is -0.190. The molecule has 2 aliphatic rings. The van der Waals surface area contributed by atoms with Crippen molar-refractivity contribution in [3.05, 3.63) is 243 Å². The van der Waals surface area contributed by atoms with Gasteiger partial charge in [-0.2, -0.15) is 0 Å². The third-order valence-corrected chi connectivity index (χ3v) is 12.5. The lowest BCUT2D eigenvalue weighted by molar-refractivity contribution is 1.18. The van der Waals surface area contributed by atoms with Crippen molar-refractivity contribution in [2.24, 2.45) is 0 Å². The van der Waals surface area contributed by atoms with Crippen molar-refractivity contribution < 1.29 is 0 Å². The summed E-state index contributed by atoms with van der Waals surface area (Å²) in [6.07, 6.45) is 7.14. The lowest BCUT2D eigenvalue weighted by atomic mass is 9.63. The van der Waals surface area contributed by atoms with Crippen LogP contribution in [0.5, 0.6) is 0 Å². The second kappa shape index (κ2) is 16.7. The van der Waals surface area contributed by atoms with Gasteiger partial charge < -0.3 is 19.2 Å². The molecule has 2 aliphatic heterocycles. The van der Waals surface area contributed by atoms with Crippen LogP contribution in [-0.2, 0) is 0 Å². The van der Waals surface area contributed by atoms with Gasteiger partial charge in [0.05, 0.1) is 22.7 Å². The smallest absolute Gasteiger partial charge is 0.360 e. The molecule has 66 heavy (non-hydrogen) atoms. The summed E-state index contributed by atoms with van der Waals surface area (Å²) in [5, 5.41) is 0. The number of benzene rings is 8. The Morgan fingerprint density at radius 3 is 0.924 bits per heavy atom. The molecule has 0 bridgehead atoms. The fourth-order valence-electron chi connectivity index (χ4n) is 9.59. The highest BCUT2D eigenvalue weighted by Gasteiger charge is 2.45. The molecule has 0 amide bonds.